The molecule has 24 heavy (non-hydrogen) atoms. The molecule has 0 bridgehead atoms. The second-order valence-corrected chi connectivity index (χ2v) is 9.84. The Labute approximate surface area is 157 Å². The molecule has 0 unspecified atom stereocenters. The third-order valence-electron chi connectivity index (χ3n) is 2.43. The summed E-state index contributed by atoms with van der Waals surface area (Å²) in [6, 6.07) is 8.87. The fourth-order valence-corrected chi connectivity index (χ4v) is 1.98. The maximum Gasteiger partial charge on any atom is 0.128 e. The van der Waals surface area contributed by atoms with Crippen LogP contribution in [0.2, 0.25) is 0 Å². The van der Waals surface area contributed by atoms with Crippen LogP contribution in [0.5, 0.6) is 0 Å². The number of nitriles is 1. The molecule has 3 nitrogen and oxygen atoms in total. The lowest BCUT2D eigenvalue weighted by Gasteiger charge is -2.30. The van der Waals surface area contributed by atoms with Crippen LogP contribution >= 0.6 is 24.6 Å². The zero-order valence-corrected chi connectivity index (χ0v) is 17.8. The number of nitrogens with two attached hydrogens (primary N) is 1. The molecule has 0 radical (unpaired) electrons. The summed E-state index contributed by atoms with van der Waals surface area (Å²) in [5.41, 5.74) is 4.83. The average Bonchev–Trinajstić information content (AvgIpc) is 2.47. The lowest BCUT2D eigenvalue weighted by atomic mass is 9.95. The van der Waals surface area contributed by atoms with E-state index in [2.05, 4.69) is 43.9 Å². The van der Waals surface area contributed by atoms with Gasteiger partial charge in [-0.25, -0.2) is 4.39 Å². The Bertz CT molecular complexity index is 512. The van der Waals surface area contributed by atoms with Crippen molar-refractivity contribution in [3.8, 4) is 6.07 Å². The van der Waals surface area contributed by atoms with Gasteiger partial charge in [-0.2, -0.15) is 17.9 Å². The van der Waals surface area contributed by atoms with E-state index in [1.807, 2.05) is 32.0 Å². The summed E-state index contributed by atoms with van der Waals surface area (Å²) in [4.78, 5) is 0. The number of nitrogens with zero attached hydrogens (tertiary/aromatic N) is 1. The van der Waals surface area contributed by atoms with E-state index in [4.69, 9.17) is 5.26 Å². The number of halogens is 1. The standard InChI is InChI=1S/C13H20FNS.C4H7NS.CH5N/c1-12(2,3)16-15-13(4,5)10-8-6-7-9-11(10)14;1-4(2,6)3-5;1-2/h6-9,15H,1-5H3;6H,1-2H3;2H2,1H3. The molecule has 6 heteroatoms. The number of nitrogens with one attached hydrogen (secondary N) is 1. The van der Waals surface area contributed by atoms with Gasteiger partial charge in [0, 0.05) is 10.3 Å². The molecule has 0 aliphatic heterocycles. The van der Waals surface area contributed by atoms with Crippen LogP contribution in [-0.2, 0) is 5.54 Å². The molecule has 0 saturated heterocycles. The van der Waals surface area contributed by atoms with Crippen LogP contribution in [-0.4, -0.2) is 16.5 Å². The molecule has 138 valence electrons. The van der Waals surface area contributed by atoms with Gasteiger partial charge < -0.3 is 5.73 Å². The molecule has 0 saturated carbocycles. The minimum absolute atomic E-state index is 0.114. The van der Waals surface area contributed by atoms with Crippen LogP contribution in [0.3, 0.4) is 0 Å². The first-order chi connectivity index (χ1) is 10.8. The summed E-state index contributed by atoms with van der Waals surface area (Å²) in [6.07, 6.45) is 0. The van der Waals surface area contributed by atoms with Crippen molar-refractivity contribution in [3.05, 3.63) is 35.6 Å². The van der Waals surface area contributed by atoms with Crippen molar-refractivity contribution in [1.82, 2.24) is 4.72 Å². The third kappa shape index (κ3) is 12.7. The van der Waals surface area contributed by atoms with Crippen molar-refractivity contribution in [3.63, 3.8) is 0 Å². The molecule has 1 rings (SSSR count). The third-order valence-corrected chi connectivity index (χ3v) is 3.76. The van der Waals surface area contributed by atoms with Crippen LogP contribution < -0.4 is 10.5 Å². The summed E-state index contributed by atoms with van der Waals surface area (Å²) in [5.74, 6) is -0.158. The number of hydrogen-bond donors (Lipinski definition) is 3. The first kappa shape index (κ1) is 25.5. The van der Waals surface area contributed by atoms with Crippen molar-refractivity contribution in [2.45, 2.75) is 63.5 Å². The van der Waals surface area contributed by atoms with E-state index in [9.17, 15) is 4.39 Å². The molecule has 0 heterocycles. The molecular formula is C18H32FN3S2. The molecule has 0 fully saturated rings. The first-order valence-electron chi connectivity index (χ1n) is 7.70. The average molecular weight is 374 g/mol. The fraction of sp³-hybridized carbons (Fsp3) is 0.611. The Kier molecular flexibility index (Phi) is 11.7. The molecule has 1 aromatic rings. The summed E-state index contributed by atoms with van der Waals surface area (Å²) in [7, 11) is 1.50. The van der Waals surface area contributed by atoms with Crippen molar-refractivity contribution in [2.75, 3.05) is 7.05 Å². The minimum atomic E-state index is -0.458. The predicted molar refractivity (Wildman–Crippen MR) is 109 cm³/mol. The van der Waals surface area contributed by atoms with E-state index in [1.165, 1.54) is 13.1 Å². The zero-order valence-electron chi connectivity index (χ0n) is 16.1. The molecular weight excluding hydrogens is 341 g/mol. The normalized spacial score (nSPS) is 11.4. The first-order valence-corrected chi connectivity index (χ1v) is 8.96. The molecule has 0 amide bonds. The largest absolute Gasteiger partial charge is 0.333 e. The highest BCUT2D eigenvalue weighted by atomic mass is 32.2. The van der Waals surface area contributed by atoms with Crippen molar-refractivity contribution in [1.29, 1.82) is 5.26 Å². The smallest absolute Gasteiger partial charge is 0.128 e. The molecule has 0 spiro atoms. The molecule has 0 aromatic heterocycles. The predicted octanol–water partition coefficient (Wildman–Crippen LogP) is 4.89. The minimum Gasteiger partial charge on any atom is -0.333 e. The van der Waals surface area contributed by atoms with Gasteiger partial charge in [-0.15, -0.1) is 0 Å². The Morgan fingerprint density at radius 2 is 1.50 bits per heavy atom. The second-order valence-electron chi connectivity index (χ2n) is 7.09. The Balaban J connectivity index is 0. The van der Waals surface area contributed by atoms with Crippen LogP contribution in [0.4, 0.5) is 4.39 Å². The quantitative estimate of drug-likeness (QED) is 0.521. The SMILES string of the molecule is CC(C)(C)SNC(C)(C)c1ccccc1F.CC(C)(S)C#N.CN. The number of hydrogen-bond acceptors (Lipinski definition) is 5. The van der Waals surface area contributed by atoms with Gasteiger partial charge in [0.25, 0.3) is 0 Å². The highest BCUT2D eigenvalue weighted by molar-refractivity contribution is 7.98. The van der Waals surface area contributed by atoms with E-state index in [1.54, 1.807) is 31.9 Å². The highest BCUT2D eigenvalue weighted by Crippen LogP contribution is 2.29. The number of benzene rings is 1. The van der Waals surface area contributed by atoms with Gasteiger partial charge >= 0.3 is 0 Å². The van der Waals surface area contributed by atoms with Crippen LogP contribution in [0.25, 0.3) is 0 Å². The molecule has 0 atom stereocenters. The summed E-state index contributed by atoms with van der Waals surface area (Å²) in [6.45, 7) is 13.9. The topological polar surface area (TPSA) is 61.8 Å². The van der Waals surface area contributed by atoms with Crippen LogP contribution in [0.15, 0.2) is 24.3 Å². The summed E-state index contributed by atoms with van der Waals surface area (Å²) >= 11 is 5.52. The lowest BCUT2D eigenvalue weighted by Crippen LogP contribution is -2.35. The Hall–Kier alpha value is -0.740. The highest BCUT2D eigenvalue weighted by Gasteiger charge is 2.25. The molecule has 0 aliphatic rings. The van der Waals surface area contributed by atoms with E-state index < -0.39 is 4.75 Å². The van der Waals surface area contributed by atoms with Crippen molar-refractivity contribution < 1.29 is 4.39 Å². The fourth-order valence-electron chi connectivity index (χ4n) is 1.30. The van der Waals surface area contributed by atoms with Crippen LogP contribution in [0.1, 0.15) is 54.0 Å². The number of rotatable bonds is 3. The van der Waals surface area contributed by atoms with Gasteiger partial charge in [-0.3, -0.25) is 4.72 Å². The lowest BCUT2D eigenvalue weighted by molar-refractivity contribution is 0.468. The Morgan fingerprint density at radius 1 is 1.08 bits per heavy atom. The summed E-state index contributed by atoms with van der Waals surface area (Å²) < 4.78 is 16.6. The molecule has 3 N–H and O–H groups in total. The van der Waals surface area contributed by atoms with Gasteiger partial charge in [0.15, 0.2) is 0 Å². The zero-order chi connectivity index (χ0) is 19.6. The van der Waals surface area contributed by atoms with Gasteiger partial charge in [0.05, 0.1) is 16.4 Å². The number of thiol groups is 1. The van der Waals surface area contributed by atoms with Crippen molar-refractivity contribution >= 4 is 24.6 Å². The van der Waals surface area contributed by atoms with Gasteiger partial charge in [0.2, 0.25) is 0 Å². The van der Waals surface area contributed by atoms with E-state index in [-0.39, 0.29) is 16.1 Å². The van der Waals surface area contributed by atoms with Crippen molar-refractivity contribution in [2.24, 2.45) is 5.73 Å². The van der Waals surface area contributed by atoms with Gasteiger partial charge in [-0.1, -0.05) is 30.1 Å². The maximum absolute atomic E-state index is 13.7. The van der Waals surface area contributed by atoms with E-state index in [0.717, 1.165) is 0 Å². The Morgan fingerprint density at radius 3 is 1.83 bits per heavy atom. The second kappa shape index (κ2) is 11.0. The summed E-state index contributed by atoms with van der Waals surface area (Å²) in [5, 5.41) is 8.08. The van der Waals surface area contributed by atoms with E-state index in [0.29, 0.717) is 5.56 Å². The van der Waals surface area contributed by atoms with Gasteiger partial charge in [-0.05, 0) is 61.6 Å². The molecule has 0 aliphatic carbocycles. The van der Waals surface area contributed by atoms with E-state index >= 15 is 0 Å². The maximum atomic E-state index is 13.7. The van der Waals surface area contributed by atoms with Gasteiger partial charge in [0.1, 0.15) is 5.82 Å². The monoisotopic (exact) mass is 373 g/mol. The van der Waals surface area contributed by atoms with Crippen LogP contribution in [0, 0.1) is 17.1 Å². The molecule has 1 aromatic carbocycles.